The van der Waals surface area contributed by atoms with Gasteiger partial charge >= 0.3 is 12.1 Å². The summed E-state index contributed by atoms with van der Waals surface area (Å²) in [6.07, 6.45) is 4.47. The van der Waals surface area contributed by atoms with E-state index in [1.165, 1.54) is 0 Å². The molecule has 2 N–H and O–H groups in total. The van der Waals surface area contributed by atoms with Gasteiger partial charge < -0.3 is 15.2 Å². The number of carboxylic acids is 1. The van der Waals surface area contributed by atoms with Gasteiger partial charge in [0.25, 0.3) is 0 Å². The average molecular weight is 257 g/mol. The Kier molecular flexibility index (Phi) is 5.95. The fraction of sp³-hybridized carbons (Fsp3) is 0.846. The molecule has 1 rings (SSSR count). The highest BCUT2D eigenvalue weighted by Gasteiger charge is 2.28. The number of carbonyl (C=O) groups is 2. The van der Waals surface area contributed by atoms with E-state index in [1.54, 1.807) is 0 Å². The summed E-state index contributed by atoms with van der Waals surface area (Å²) in [5, 5.41) is 11.4. The van der Waals surface area contributed by atoms with Gasteiger partial charge in [-0.25, -0.2) is 9.59 Å². The number of ether oxygens (including phenoxy) is 1. The molecule has 0 radical (unpaired) electrons. The smallest absolute Gasteiger partial charge is 0.408 e. The molecule has 1 aliphatic carbocycles. The van der Waals surface area contributed by atoms with E-state index in [4.69, 9.17) is 9.84 Å². The highest BCUT2D eigenvalue weighted by molar-refractivity contribution is 5.79. The second kappa shape index (κ2) is 7.24. The van der Waals surface area contributed by atoms with Gasteiger partial charge in [-0.1, -0.05) is 26.7 Å². The molecule has 0 aromatic carbocycles. The number of unbranched alkanes of at least 4 members (excludes halogenated alkanes) is 1. The molecule has 1 fully saturated rings. The molecule has 3 atom stereocenters. The molecule has 1 saturated carbocycles. The Bertz CT molecular complexity index is 293. The third-order valence-corrected chi connectivity index (χ3v) is 3.48. The zero-order valence-electron chi connectivity index (χ0n) is 11.1. The first kappa shape index (κ1) is 14.8. The van der Waals surface area contributed by atoms with E-state index in [2.05, 4.69) is 12.2 Å². The molecular weight excluding hydrogens is 234 g/mol. The molecule has 0 aromatic heterocycles. The number of rotatable bonds is 6. The largest absolute Gasteiger partial charge is 0.480 e. The van der Waals surface area contributed by atoms with Crippen molar-refractivity contribution in [3.8, 4) is 0 Å². The molecule has 0 spiro atoms. The minimum atomic E-state index is -1.00. The zero-order valence-corrected chi connectivity index (χ0v) is 11.1. The van der Waals surface area contributed by atoms with Crippen LogP contribution in [0.5, 0.6) is 0 Å². The lowest BCUT2D eigenvalue weighted by Crippen LogP contribution is -2.42. The van der Waals surface area contributed by atoms with Crippen LogP contribution in [0.1, 0.15) is 52.4 Å². The van der Waals surface area contributed by atoms with Crippen LogP contribution in [0.25, 0.3) is 0 Å². The van der Waals surface area contributed by atoms with Crippen LogP contribution in [0.4, 0.5) is 4.79 Å². The molecule has 5 heteroatoms. The summed E-state index contributed by atoms with van der Waals surface area (Å²) in [6, 6.07) is -0.839. The van der Waals surface area contributed by atoms with Gasteiger partial charge in [0.1, 0.15) is 12.1 Å². The summed E-state index contributed by atoms with van der Waals surface area (Å²) in [6.45, 7) is 4.04. The number of alkyl carbamates (subject to hydrolysis) is 1. The molecule has 0 aromatic rings. The summed E-state index contributed by atoms with van der Waals surface area (Å²) < 4.78 is 5.27. The fourth-order valence-corrected chi connectivity index (χ4v) is 2.27. The molecule has 0 aliphatic heterocycles. The molecule has 0 bridgehead atoms. The monoisotopic (exact) mass is 257 g/mol. The van der Waals surface area contributed by atoms with Crippen LogP contribution < -0.4 is 5.32 Å². The van der Waals surface area contributed by atoms with Crippen LogP contribution >= 0.6 is 0 Å². The summed E-state index contributed by atoms with van der Waals surface area (Å²) in [5.74, 6) is -0.630. The lowest BCUT2D eigenvalue weighted by molar-refractivity contribution is -0.139. The first-order chi connectivity index (χ1) is 8.54. The third kappa shape index (κ3) is 4.55. The molecule has 18 heavy (non-hydrogen) atoms. The second-order valence-electron chi connectivity index (χ2n) is 5.03. The fourth-order valence-electron chi connectivity index (χ4n) is 2.27. The van der Waals surface area contributed by atoms with E-state index in [0.717, 1.165) is 32.1 Å². The number of hydrogen-bond donors (Lipinski definition) is 2. The highest BCUT2D eigenvalue weighted by atomic mass is 16.6. The Morgan fingerprint density at radius 2 is 2.17 bits per heavy atom. The first-order valence-electron chi connectivity index (χ1n) is 6.74. The van der Waals surface area contributed by atoms with Crippen molar-refractivity contribution in [2.75, 3.05) is 0 Å². The van der Waals surface area contributed by atoms with Gasteiger partial charge in [-0.05, 0) is 31.6 Å². The van der Waals surface area contributed by atoms with Gasteiger partial charge in [-0.3, -0.25) is 0 Å². The average Bonchev–Trinajstić information content (AvgIpc) is 2.70. The van der Waals surface area contributed by atoms with Gasteiger partial charge in [0.05, 0.1) is 0 Å². The Morgan fingerprint density at radius 3 is 2.67 bits per heavy atom. The Morgan fingerprint density at radius 1 is 1.44 bits per heavy atom. The Balaban J connectivity index is 2.38. The number of carbonyl (C=O) groups excluding carboxylic acids is 1. The number of carboxylic acid groups (broad SMARTS) is 1. The van der Waals surface area contributed by atoms with Gasteiger partial charge in [-0.2, -0.15) is 0 Å². The van der Waals surface area contributed by atoms with E-state index in [0.29, 0.717) is 12.3 Å². The van der Waals surface area contributed by atoms with Crippen molar-refractivity contribution in [1.82, 2.24) is 5.32 Å². The zero-order chi connectivity index (χ0) is 13.5. The molecule has 1 amide bonds. The summed E-state index contributed by atoms with van der Waals surface area (Å²) in [4.78, 5) is 22.6. The minimum absolute atomic E-state index is 0.0642. The van der Waals surface area contributed by atoms with Crippen molar-refractivity contribution in [2.24, 2.45) is 5.92 Å². The lowest BCUT2D eigenvalue weighted by atomic mass is 10.1. The Labute approximate surface area is 108 Å². The highest BCUT2D eigenvalue weighted by Crippen LogP contribution is 2.27. The van der Waals surface area contributed by atoms with Crippen molar-refractivity contribution in [1.29, 1.82) is 0 Å². The van der Waals surface area contributed by atoms with E-state index in [-0.39, 0.29) is 6.10 Å². The molecule has 0 saturated heterocycles. The van der Waals surface area contributed by atoms with Crippen molar-refractivity contribution in [2.45, 2.75) is 64.5 Å². The van der Waals surface area contributed by atoms with Crippen LogP contribution in [0.2, 0.25) is 0 Å². The van der Waals surface area contributed by atoms with Gasteiger partial charge in [0.2, 0.25) is 0 Å². The van der Waals surface area contributed by atoms with E-state index in [1.807, 2.05) is 6.92 Å². The van der Waals surface area contributed by atoms with Crippen molar-refractivity contribution < 1.29 is 19.4 Å². The van der Waals surface area contributed by atoms with Gasteiger partial charge in [0, 0.05) is 0 Å². The molecular formula is C13H23NO4. The number of hydrogen-bond acceptors (Lipinski definition) is 3. The normalized spacial score (nSPS) is 24.6. The van der Waals surface area contributed by atoms with Crippen LogP contribution in [0, 0.1) is 5.92 Å². The molecule has 5 nitrogen and oxygen atoms in total. The van der Waals surface area contributed by atoms with E-state index in [9.17, 15) is 9.59 Å². The maximum absolute atomic E-state index is 11.6. The van der Waals surface area contributed by atoms with Crippen molar-refractivity contribution in [3.63, 3.8) is 0 Å². The first-order valence-corrected chi connectivity index (χ1v) is 6.74. The predicted octanol–water partition coefficient (Wildman–Crippen LogP) is 2.54. The second-order valence-corrected chi connectivity index (χ2v) is 5.03. The number of aliphatic carboxylic acids is 1. The summed E-state index contributed by atoms with van der Waals surface area (Å²) in [7, 11) is 0. The van der Waals surface area contributed by atoms with E-state index < -0.39 is 18.1 Å². The van der Waals surface area contributed by atoms with Crippen LogP contribution in [0.3, 0.4) is 0 Å². The Hall–Kier alpha value is -1.26. The third-order valence-electron chi connectivity index (χ3n) is 3.48. The van der Waals surface area contributed by atoms with Crippen LogP contribution in [0.15, 0.2) is 0 Å². The molecule has 0 heterocycles. The number of amides is 1. The van der Waals surface area contributed by atoms with Gasteiger partial charge in [0.15, 0.2) is 0 Å². The number of nitrogens with one attached hydrogen (secondary N) is 1. The standard InChI is InChI=1S/C13H23NO4/c1-3-4-7-10(12(15)16)14-13(17)18-11-8-5-6-9(11)2/h9-11H,3-8H2,1-2H3,(H,14,17)(H,15,16)/t9-,10+,11-/m1/s1. The maximum Gasteiger partial charge on any atom is 0.408 e. The lowest BCUT2D eigenvalue weighted by Gasteiger charge is -2.19. The molecule has 1 aliphatic rings. The maximum atomic E-state index is 11.6. The van der Waals surface area contributed by atoms with Crippen molar-refractivity contribution in [3.05, 3.63) is 0 Å². The minimum Gasteiger partial charge on any atom is -0.480 e. The van der Waals surface area contributed by atoms with Crippen LogP contribution in [-0.2, 0) is 9.53 Å². The topological polar surface area (TPSA) is 75.6 Å². The molecule has 104 valence electrons. The predicted molar refractivity (Wildman–Crippen MR) is 67.4 cm³/mol. The SMILES string of the molecule is CCCC[C@H](NC(=O)O[C@@H]1CCC[C@H]1C)C(=O)O. The van der Waals surface area contributed by atoms with Gasteiger partial charge in [-0.15, -0.1) is 0 Å². The summed E-state index contributed by atoms with van der Waals surface area (Å²) >= 11 is 0. The van der Waals surface area contributed by atoms with Crippen molar-refractivity contribution >= 4 is 12.1 Å². The summed E-state index contributed by atoms with van der Waals surface area (Å²) in [5.41, 5.74) is 0. The van der Waals surface area contributed by atoms with Crippen LogP contribution in [-0.4, -0.2) is 29.3 Å². The van der Waals surface area contributed by atoms with E-state index >= 15 is 0 Å². The molecule has 0 unspecified atom stereocenters. The quantitative estimate of drug-likeness (QED) is 0.766.